The van der Waals surface area contributed by atoms with Crippen LogP contribution in [0.4, 0.5) is 4.39 Å². The molecule has 1 aromatic rings. The van der Waals surface area contributed by atoms with E-state index in [2.05, 4.69) is 11.4 Å². The number of amides is 1. The van der Waals surface area contributed by atoms with E-state index < -0.39 is 0 Å². The lowest BCUT2D eigenvalue weighted by molar-refractivity contribution is 0.0932. The molecule has 1 aliphatic rings. The number of aryl methyl sites for hydroxylation is 1. The van der Waals surface area contributed by atoms with Gasteiger partial charge in [0.15, 0.2) is 0 Å². The third-order valence-electron chi connectivity index (χ3n) is 3.42. The zero-order valence-electron chi connectivity index (χ0n) is 10.2. The molecule has 1 amide bonds. The first kappa shape index (κ1) is 12.6. The van der Waals surface area contributed by atoms with Crippen molar-refractivity contribution in [1.82, 2.24) is 5.32 Å². The molecule has 94 valence electrons. The number of hydrogen-bond donors (Lipinski definition) is 1. The van der Waals surface area contributed by atoms with Crippen molar-refractivity contribution in [2.75, 3.05) is 0 Å². The predicted octanol–water partition coefficient (Wildman–Crippen LogP) is 2.56. The Morgan fingerprint density at radius 3 is 2.94 bits per heavy atom. The zero-order chi connectivity index (χ0) is 13.1. The molecule has 4 heteroatoms. The van der Waals surface area contributed by atoms with E-state index >= 15 is 0 Å². The second-order valence-corrected chi connectivity index (χ2v) is 4.71. The first-order valence-corrected chi connectivity index (χ1v) is 6.08. The highest BCUT2D eigenvalue weighted by molar-refractivity contribution is 5.94. The molecular formula is C14H15FN2O. The summed E-state index contributed by atoms with van der Waals surface area (Å²) in [6.07, 6.45) is 2.64. The molecule has 0 spiro atoms. The Hall–Kier alpha value is -1.89. The summed E-state index contributed by atoms with van der Waals surface area (Å²) in [5.41, 5.74) is 0.892. The van der Waals surface area contributed by atoms with Gasteiger partial charge in [0, 0.05) is 11.6 Å². The van der Waals surface area contributed by atoms with Gasteiger partial charge in [0.2, 0.25) is 0 Å². The largest absolute Gasteiger partial charge is 0.348 e. The SMILES string of the molecule is Cc1cc(C(=O)NC2CCCC2C#N)ccc1F. The summed E-state index contributed by atoms with van der Waals surface area (Å²) in [5, 5.41) is 11.8. The van der Waals surface area contributed by atoms with Gasteiger partial charge >= 0.3 is 0 Å². The average molecular weight is 246 g/mol. The molecule has 0 bridgehead atoms. The van der Waals surface area contributed by atoms with Gasteiger partial charge in [-0.25, -0.2) is 4.39 Å². The van der Waals surface area contributed by atoms with Crippen LogP contribution in [0.2, 0.25) is 0 Å². The Labute approximate surface area is 106 Å². The molecule has 2 unspecified atom stereocenters. The number of carbonyl (C=O) groups is 1. The number of nitrogens with one attached hydrogen (secondary N) is 1. The molecule has 0 aromatic heterocycles. The van der Waals surface area contributed by atoms with Crippen LogP contribution in [-0.2, 0) is 0 Å². The number of rotatable bonds is 2. The summed E-state index contributed by atoms with van der Waals surface area (Å²) in [6, 6.07) is 6.43. The lowest BCUT2D eigenvalue weighted by Gasteiger charge is -2.15. The van der Waals surface area contributed by atoms with E-state index in [1.165, 1.54) is 18.2 Å². The molecule has 2 atom stereocenters. The number of nitriles is 1. The highest BCUT2D eigenvalue weighted by Crippen LogP contribution is 2.25. The molecular weight excluding hydrogens is 231 g/mol. The van der Waals surface area contributed by atoms with E-state index in [-0.39, 0.29) is 23.7 Å². The topological polar surface area (TPSA) is 52.9 Å². The van der Waals surface area contributed by atoms with Crippen LogP contribution in [0.3, 0.4) is 0 Å². The van der Waals surface area contributed by atoms with Gasteiger partial charge in [0.1, 0.15) is 5.82 Å². The number of carbonyl (C=O) groups excluding carboxylic acids is 1. The van der Waals surface area contributed by atoms with Crippen LogP contribution < -0.4 is 5.32 Å². The van der Waals surface area contributed by atoms with Crippen LogP contribution in [0.1, 0.15) is 35.2 Å². The highest BCUT2D eigenvalue weighted by Gasteiger charge is 2.28. The molecule has 1 fully saturated rings. The molecule has 0 heterocycles. The molecule has 0 saturated heterocycles. The van der Waals surface area contributed by atoms with E-state index in [0.717, 1.165) is 19.3 Å². The second-order valence-electron chi connectivity index (χ2n) is 4.71. The van der Waals surface area contributed by atoms with Crippen molar-refractivity contribution in [3.63, 3.8) is 0 Å². The van der Waals surface area contributed by atoms with E-state index in [9.17, 15) is 9.18 Å². The Morgan fingerprint density at radius 2 is 2.28 bits per heavy atom. The van der Waals surface area contributed by atoms with Crippen LogP contribution in [0.25, 0.3) is 0 Å². The number of benzene rings is 1. The van der Waals surface area contributed by atoms with Gasteiger partial charge in [-0.3, -0.25) is 4.79 Å². The molecule has 0 aliphatic heterocycles. The lowest BCUT2D eigenvalue weighted by Crippen LogP contribution is -2.36. The van der Waals surface area contributed by atoms with Crippen LogP contribution in [0, 0.1) is 30.0 Å². The van der Waals surface area contributed by atoms with Gasteiger partial charge in [-0.05, 0) is 49.9 Å². The Morgan fingerprint density at radius 1 is 1.50 bits per heavy atom. The molecule has 1 N–H and O–H groups in total. The fourth-order valence-electron chi connectivity index (χ4n) is 2.32. The third-order valence-corrected chi connectivity index (χ3v) is 3.42. The van der Waals surface area contributed by atoms with E-state index in [1.807, 2.05) is 0 Å². The minimum Gasteiger partial charge on any atom is -0.348 e. The predicted molar refractivity (Wildman–Crippen MR) is 65.3 cm³/mol. The van der Waals surface area contributed by atoms with Crippen molar-refractivity contribution in [3.05, 3.63) is 35.1 Å². The fourth-order valence-corrected chi connectivity index (χ4v) is 2.32. The maximum Gasteiger partial charge on any atom is 0.251 e. The number of nitrogens with zero attached hydrogens (tertiary/aromatic N) is 1. The van der Waals surface area contributed by atoms with Crippen LogP contribution in [0.5, 0.6) is 0 Å². The quantitative estimate of drug-likeness (QED) is 0.871. The highest BCUT2D eigenvalue weighted by atomic mass is 19.1. The monoisotopic (exact) mass is 246 g/mol. The van der Waals surface area contributed by atoms with Crippen molar-refractivity contribution in [2.24, 2.45) is 5.92 Å². The van der Waals surface area contributed by atoms with Crippen molar-refractivity contribution in [3.8, 4) is 6.07 Å². The van der Waals surface area contributed by atoms with Gasteiger partial charge in [-0.2, -0.15) is 5.26 Å². The summed E-state index contributed by atoms with van der Waals surface area (Å²) >= 11 is 0. The maximum atomic E-state index is 13.1. The molecule has 2 rings (SSSR count). The van der Waals surface area contributed by atoms with Crippen LogP contribution in [-0.4, -0.2) is 11.9 Å². The normalized spacial score (nSPS) is 22.5. The minimum atomic E-state index is -0.317. The van der Waals surface area contributed by atoms with Gasteiger partial charge in [0.25, 0.3) is 5.91 Å². The maximum absolute atomic E-state index is 13.1. The standard InChI is InChI=1S/C14H15FN2O/c1-9-7-10(5-6-12(9)15)14(18)17-13-4-2-3-11(13)8-16/h5-7,11,13H,2-4H2,1H3,(H,17,18). The second kappa shape index (κ2) is 5.18. The van der Waals surface area contributed by atoms with Gasteiger partial charge in [-0.1, -0.05) is 0 Å². The Kier molecular flexibility index (Phi) is 3.61. The molecule has 0 radical (unpaired) electrons. The van der Waals surface area contributed by atoms with Crippen molar-refractivity contribution < 1.29 is 9.18 Å². The van der Waals surface area contributed by atoms with E-state index in [4.69, 9.17) is 5.26 Å². The molecule has 3 nitrogen and oxygen atoms in total. The fraction of sp³-hybridized carbons (Fsp3) is 0.429. The van der Waals surface area contributed by atoms with Crippen molar-refractivity contribution in [2.45, 2.75) is 32.2 Å². The lowest BCUT2D eigenvalue weighted by atomic mass is 10.0. The Balaban J connectivity index is 2.08. The van der Waals surface area contributed by atoms with Gasteiger partial charge in [0.05, 0.1) is 12.0 Å². The summed E-state index contributed by atoms with van der Waals surface area (Å²) in [7, 11) is 0. The van der Waals surface area contributed by atoms with E-state index in [1.54, 1.807) is 6.92 Å². The minimum absolute atomic E-state index is 0.0761. The van der Waals surface area contributed by atoms with Gasteiger partial charge in [-0.15, -0.1) is 0 Å². The summed E-state index contributed by atoms with van der Waals surface area (Å²) < 4.78 is 13.1. The Bertz CT molecular complexity index is 507. The smallest absolute Gasteiger partial charge is 0.251 e. The summed E-state index contributed by atoms with van der Waals surface area (Å²) in [5.74, 6) is -0.650. The first-order chi connectivity index (χ1) is 8.61. The molecule has 18 heavy (non-hydrogen) atoms. The van der Waals surface area contributed by atoms with Crippen LogP contribution >= 0.6 is 0 Å². The molecule has 1 aliphatic carbocycles. The summed E-state index contributed by atoms with van der Waals surface area (Å²) in [4.78, 5) is 12.0. The van der Waals surface area contributed by atoms with Crippen LogP contribution in [0.15, 0.2) is 18.2 Å². The number of halogens is 1. The van der Waals surface area contributed by atoms with Crippen molar-refractivity contribution in [1.29, 1.82) is 5.26 Å². The average Bonchev–Trinajstić information content (AvgIpc) is 2.79. The van der Waals surface area contributed by atoms with Gasteiger partial charge < -0.3 is 5.32 Å². The molecule has 1 saturated carbocycles. The van der Waals surface area contributed by atoms with Crippen molar-refractivity contribution >= 4 is 5.91 Å². The zero-order valence-corrected chi connectivity index (χ0v) is 10.2. The van der Waals surface area contributed by atoms with E-state index in [0.29, 0.717) is 11.1 Å². The first-order valence-electron chi connectivity index (χ1n) is 6.08. The summed E-state index contributed by atoms with van der Waals surface area (Å²) in [6.45, 7) is 1.62. The third kappa shape index (κ3) is 2.51. The number of hydrogen-bond acceptors (Lipinski definition) is 2. The molecule has 1 aromatic carbocycles.